The average Bonchev–Trinajstić information content (AvgIpc) is 2.75. The average molecular weight is 228 g/mol. The van der Waals surface area contributed by atoms with Crippen LogP contribution in [-0.2, 0) is 13.5 Å². The van der Waals surface area contributed by atoms with Gasteiger partial charge in [-0.05, 0) is 12.1 Å². The van der Waals surface area contributed by atoms with Crippen molar-refractivity contribution >= 4 is 5.82 Å². The fraction of sp³-hybridized carbons (Fsp3) is 0.273. The third-order valence-corrected chi connectivity index (χ3v) is 2.19. The van der Waals surface area contributed by atoms with Crippen LogP contribution in [0, 0.1) is 11.3 Å². The Morgan fingerprint density at radius 2 is 2.35 bits per heavy atom. The summed E-state index contributed by atoms with van der Waals surface area (Å²) in [5.74, 6) is 1.48. The molecule has 0 saturated carbocycles. The minimum absolute atomic E-state index is 0.596. The van der Waals surface area contributed by atoms with E-state index in [1.165, 1.54) is 0 Å². The van der Waals surface area contributed by atoms with Gasteiger partial charge in [0.1, 0.15) is 12.1 Å². The molecule has 6 nitrogen and oxygen atoms in total. The Morgan fingerprint density at radius 1 is 1.47 bits per heavy atom. The highest BCUT2D eigenvalue weighted by atomic mass is 15.3. The molecule has 0 aliphatic heterocycles. The van der Waals surface area contributed by atoms with Crippen molar-refractivity contribution in [1.82, 2.24) is 19.7 Å². The van der Waals surface area contributed by atoms with Gasteiger partial charge in [0.15, 0.2) is 5.82 Å². The molecule has 0 atom stereocenters. The van der Waals surface area contributed by atoms with Crippen LogP contribution in [0.2, 0.25) is 0 Å². The van der Waals surface area contributed by atoms with Crippen molar-refractivity contribution in [1.29, 1.82) is 5.26 Å². The van der Waals surface area contributed by atoms with Gasteiger partial charge in [-0.15, -0.1) is 0 Å². The number of nitrogens with one attached hydrogen (secondary N) is 1. The molecule has 1 N–H and O–H groups in total. The molecule has 2 aromatic rings. The van der Waals surface area contributed by atoms with E-state index in [-0.39, 0.29) is 0 Å². The van der Waals surface area contributed by atoms with Crippen LogP contribution in [0.3, 0.4) is 0 Å². The maximum absolute atomic E-state index is 8.74. The number of hydrogen-bond acceptors (Lipinski definition) is 5. The second-order valence-corrected chi connectivity index (χ2v) is 3.55. The zero-order valence-corrected chi connectivity index (χ0v) is 9.46. The predicted molar refractivity (Wildman–Crippen MR) is 62.1 cm³/mol. The number of nitriles is 1. The number of hydrogen-bond donors (Lipinski definition) is 1. The Labute approximate surface area is 98.9 Å². The number of rotatable bonds is 4. The number of anilines is 1. The number of aryl methyl sites for hydroxylation is 1. The summed E-state index contributed by atoms with van der Waals surface area (Å²) in [7, 11) is 1.84. The molecule has 2 heterocycles. The lowest BCUT2D eigenvalue weighted by Crippen LogP contribution is -2.07. The van der Waals surface area contributed by atoms with E-state index in [1.54, 1.807) is 29.3 Å². The van der Waals surface area contributed by atoms with Crippen LogP contribution in [0.4, 0.5) is 5.82 Å². The predicted octanol–water partition coefficient (Wildman–Crippen LogP) is 0.736. The molecule has 0 amide bonds. The minimum atomic E-state index is 0.596. The Kier molecular flexibility index (Phi) is 3.31. The van der Waals surface area contributed by atoms with E-state index in [2.05, 4.69) is 26.5 Å². The summed E-state index contributed by atoms with van der Waals surface area (Å²) >= 11 is 0. The third-order valence-electron chi connectivity index (χ3n) is 2.19. The van der Waals surface area contributed by atoms with Gasteiger partial charge in [0, 0.05) is 26.2 Å². The number of nitrogens with zero attached hydrogens (tertiary/aromatic N) is 5. The molecule has 0 aliphatic carbocycles. The zero-order chi connectivity index (χ0) is 12.1. The summed E-state index contributed by atoms with van der Waals surface area (Å²) in [5.41, 5.74) is 0.596. The molecule has 0 radical (unpaired) electrons. The smallest absolute Gasteiger partial charge is 0.152 e. The van der Waals surface area contributed by atoms with Crippen molar-refractivity contribution < 1.29 is 0 Å². The summed E-state index contributed by atoms with van der Waals surface area (Å²) in [6.45, 7) is 0.686. The van der Waals surface area contributed by atoms with E-state index in [9.17, 15) is 0 Å². The van der Waals surface area contributed by atoms with E-state index < -0.39 is 0 Å². The van der Waals surface area contributed by atoms with Gasteiger partial charge in [0.2, 0.25) is 0 Å². The summed E-state index contributed by atoms with van der Waals surface area (Å²) in [6, 6.07) is 5.46. The summed E-state index contributed by atoms with van der Waals surface area (Å²) in [4.78, 5) is 8.24. The van der Waals surface area contributed by atoms with Crippen LogP contribution >= 0.6 is 0 Å². The molecule has 0 unspecified atom stereocenters. The molecule has 0 saturated heterocycles. The van der Waals surface area contributed by atoms with E-state index >= 15 is 0 Å². The largest absolute Gasteiger partial charge is 0.370 e. The number of aromatic nitrogens is 4. The van der Waals surface area contributed by atoms with Crippen LogP contribution in [-0.4, -0.2) is 26.3 Å². The quantitative estimate of drug-likeness (QED) is 0.834. The van der Waals surface area contributed by atoms with E-state index in [0.717, 1.165) is 12.2 Å². The molecule has 2 aromatic heterocycles. The molecule has 2 rings (SSSR count). The zero-order valence-electron chi connectivity index (χ0n) is 9.46. The summed E-state index contributed by atoms with van der Waals surface area (Å²) in [5, 5.41) is 16.0. The van der Waals surface area contributed by atoms with Crippen molar-refractivity contribution in [3.05, 3.63) is 36.0 Å². The lowest BCUT2D eigenvalue weighted by atomic mass is 10.3. The van der Waals surface area contributed by atoms with Crippen LogP contribution in [0.25, 0.3) is 0 Å². The first-order chi connectivity index (χ1) is 8.28. The highest BCUT2D eigenvalue weighted by Crippen LogP contribution is 2.05. The van der Waals surface area contributed by atoms with Crippen molar-refractivity contribution in [2.75, 3.05) is 11.9 Å². The van der Waals surface area contributed by atoms with E-state index in [1.807, 2.05) is 7.05 Å². The van der Waals surface area contributed by atoms with Crippen LogP contribution in [0.15, 0.2) is 24.7 Å². The van der Waals surface area contributed by atoms with Crippen molar-refractivity contribution in [2.24, 2.45) is 7.05 Å². The highest BCUT2D eigenvalue weighted by Gasteiger charge is 1.99. The molecule has 0 aliphatic rings. The summed E-state index contributed by atoms with van der Waals surface area (Å²) < 4.78 is 1.67. The first-order valence-electron chi connectivity index (χ1n) is 5.22. The standard InChI is InChI=1S/C11H12N6/c1-17-8-15-10(16-17)3-5-14-11-6-9(7-12)2-4-13-11/h2,4,6,8H,3,5H2,1H3,(H,13,14). The van der Waals surface area contributed by atoms with Crippen LogP contribution in [0.5, 0.6) is 0 Å². The molecular weight excluding hydrogens is 216 g/mol. The van der Waals surface area contributed by atoms with E-state index in [4.69, 9.17) is 5.26 Å². The molecule has 6 heteroatoms. The molecule has 0 spiro atoms. The van der Waals surface area contributed by atoms with Gasteiger partial charge in [-0.25, -0.2) is 9.97 Å². The summed E-state index contributed by atoms with van der Waals surface area (Å²) in [6.07, 6.45) is 4.00. The van der Waals surface area contributed by atoms with Gasteiger partial charge < -0.3 is 5.32 Å². The molecule has 0 aromatic carbocycles. The number of pyridine rings is 1. The lowest BCUT2D eigenvalue weighted by Gasteiger charge is -2.03. The van der Waals surface area contributed by atoms with Gasteiger partial charge in [-0.1, -0.05) is 0 Å². The van der Waals surface area contributed by atoms with Gasteiger partial charge in [0.05, 0.1) is 11.6 Å². The lowest BCUT2D eigenvalue weighted by molar-refractivity contribution is 0.742. The fourth-order valence-corrected chi connectivity index (χ4v) is 1.40. The first kappa shape index (κ1) is 11.1. The SMILES string of the molecule is Cn1cnc(CCNc2cc(C#N)ccn2)n1. The Morgan fingerprint density at radius 3 is 3.06 bits per heavy atom. The monoisotopic (exact) mass is 228 g/mol. The van der Waals surface area contributed by atoms with Crippen molar-refractivity contribution in [2.45, 2.75) is 6.42 Å². The molecule has 86 valence electrons. The Hall–Kier alpha value is -2.42. The van der Waals surface area contributed by atoms with Gasteiger partial charge >= 0.3 is 0 Å². The second kappa shape index (κ2) is 5.07. The van der Waals surface area contributed by atoms with Crippen molar-refractivity contribution in [3.8, 4) is 6.07 Å². The maximum Gasteiger partial charge on any atom is 0.152 e. The van der Waals surface area contributed by atoms with E-state index in [0.29, 0.717) is 17.9 Å². The first-order valence-corrected chi connectivity index (χ1v) is 5.22. The normalized spacial score (nSPS) is 9.88. The molecule has 0 fully saturated rings. The minimum Gasteiger partial charge on any atom is -0.370 e. The third kappa shape index (κ3) is 3.01. The fourth-order valence-electron chi connectivity index (χ4n) is 1.40. The van der Waals surface area contributed by atoms with Crippen molar-refractivity contribution in [3.63, 3.8) is 0 Å². The molecule has 17 heavy (non-hydrogen) atoms. The van der Waals surface area contributed by atoms with Crippen LogP contribution in [0.1, 0.15) is 11.4 Å². The Bertz CT molecular complexity index is 539. The van der Waals surface area contributed by atoms with Gasteiger partial charge in [-0.3, -0.25) is 4.68 Å². The maximum atomic E-state index is 8.74. The van der Waals surface area contributed by atoms with Gasteiger partial charge in [0.25, 0.3) is 0 Å². The molecular formula is C11H12N6. The molecule has 0 bridgehead atoms. The van der Waals surface area contributed by atoms with Gasteiger partial charge in [-0.2, -0.15) is 10.4 Å². The topological polar surface area (TPSA) is 79.4 Å². The second-order valence-electron chi connectivity index (χ2n) is 3.55. The van der Waals surface area contributed by atoms with Crippen LogP contribution < -0.4 is 5.32 Å². The highest BCUT2D eigenvalue weighted by molar-refractivity contribution is 5.42. The Balaban J connectivity index is 1.88.